The lowest BCUT2D eigenvalue weighted by molar-refractivity contribution is -0.115. The van der Waals surface area contributed by atoms with Gasteiger partial charge in [0.05, 0.1) is 12.1 Å². The lowest BCUT2D eigenvalue weighted by Gasteiger charge is -2.08. The molecular formula is C17H17N3O. The van der Waals surface area contributed by atoms with E-state index in [1.165, 1.54) is 0 Å². The molecule has 0 saturated heterocycles. The van der Waals surface area contributed by atoms with Crippen LogP contribution in [0.25, 0.3) is 5.65 Å². The predicted molar refractivity (Wildman–Crippen MR) is 83.4 cm³/mol. The van der Waals surface area contributed by atoms with Gasteiger partial charge in [0.2, 0.25) is 5.91 Å². The van der Waals surface area contributed by atoms with Crippen LogP contribution in [0.15, 0.2) is 48.8 Å². The van der Waals surface area contributed by atoms with Crippen LogP contribution >= 0.6 is 0 Å². The molecule has 4 heteroatoms. The van der Waals surface area contributed by atoms with Gasteiger partial charge in [-0.2, -0.15) is 0 Å². The molecule has 0 radical (unpaired) electrons. The van der Waals surface area contributed by atoms with Gasteiger partial charge < -0.3 is 9.72 Å². The van der Waals surface area contributed by atoms with Crippen molar-refractivity contribution in [2.24, 2.45) is 0 Å². The van der Waals surface area contributed by atoms with Gasteiger partial charge in [0, 0.05) is 18.1 Å². The lowest BCUT2D eigenvalue weighted by Crippen LogP contribution is -2.15. The summed E-state index contributed by atoms with van der Waals surface area (Å²) < 4.78 is 1.92. The summed E-state index contributed by atoms with van der Waals surface area (Å²) in [6.07, 6.45) is 4.08. The van der Waals surface area contributed by atoms with Crippen molar-refractivity contribution >= 4 is 17.2 Å². The number of fused-ring (bicyclic) bond motifs is 1. The van der Waals surface area contributed by atoms with Crippen LogP contribution in [-0.2, 0) is 11.2 Å². The average Bonchev–Trinajstić information content (AvgIpc) is 2.84. The lowest BCUT2D eigenvalue weighted by atomic mass is 10.1. The number of imidazole rings is 1. The topological polar surface area (TPSA) is 46.4 Å². The monoisotopic (exact) mass is 279 g/mol. The quantitative estimate of drug-likeness (QED) is 0.800. The van der Waals surface area contributed by atoms with Crippen molar-refractivity contribution in [3.8, 4) is 0 Å². The van der Waals surface area contributed by atoms with Crippen LogP contribution in [0.2, 0.25) is 0 Å². The maximum Gasteiger partial charge on any atom is 0.230 e. The Morgan fingerprint density at radius 3 is 2.90 bits per heavy atom. The first-order valence-electron chi connectivity index (χ1n) is 6.91. The Morgan fingerprint density at radius 2 is 2.10 bits per heavy atom. The zero-order chi connectivity index (χ0) is 14.8. The molecule has 0 fully saturated rings. The van der Waals surface area contributed by atoms with E-state index >= 15 is 0 Å². The minimum Gasteiger partial charge on any atom is -0.325 e. The van der Waals surface area contributed by atoms with Gasteiger partial charge in [-0.1, -0.05) is 18.2 Å². The standard InChI is InChI=1S/C17H17N3O/c1-12-6-7-13(2)15(9-12)19-17(21)10-14-11-20-8-4-3-5-16(20)18-14/h3-9,11H,10H2,1-2H3,(H,19,21). The van der Waals surface area contributed by atoms with Crippen molar-refractivity contribution < 1.29 is 4.79 Å². The second kappa shape index (κ2) is 5.40. The fourth-order valence-electron chi connectivity index (χ4n) is 2.30. The molecule has 1 aromatic carbocycles. The molecule has 0 bridgehead atoms. The van der Waals surface area contributed by atoms with E-state index in [1.54, 1.807) is 0 Å². The Kier molecular flexibility index (Phi) is 3.44. The highest BCUT2D eigenvalue weighted by molar-refractivity contribution is 5.92. The number of nitrogens with zero attached hydrogens (tertiary/aromatic N) is 2. The van der Waals surface area contributed by atoms with Gasteiger partial charge in [0.1, 0.15) is 5.65 Å². The summed E-state index contributed by atoms with van der Waals surface area (Å²) in [6.45, 7) is 4.00. The van der Waals surface area contributed by atoms with E-state index in [9.17, 15) is 4.79 Å². The molecule has 3 rings (SSSR count). The molecule has 0 unspecified atom stereocenters. The Bertz CT molecular complexity index is 772. The maximum absolute atomic E-state index is 12.2. The molecule has 2 aromatic heterocycles. The highest BCUT2D eigenvalue weighted by atomic mass is 16.1. The molecule has 0 aliphatic heterocycles. The highest BCUT2D eigenvalue weighted by Gasteiger charge is 2.09. The Balaban J connectivity index is 1.75. The molecular weight excluding hydrogens is 262 g/mol. The minimum atomic E-state index is -0.0490. The number of carbonyl (C=O) groups is 1. The summed E-state index contributed by atoms with van der Waals surface area (Å²) >= 11 is 0. The first-order valence-corrected chi connectivity index (χ1v) is 6.91. The van der Waals surface area contributed by atoms with Crippen LogP contribution in [0.5, 0.6) is 0 Å². The smallest absolute Gasteiger partial charge is 0.230 e. The molecule has 1 N–H and O–H groups in total. The fourth-order valence-corrected chi connectivity index (χ4v) is 2.30. The number of aromatic nitrogens is 2. The van der Waals surface area contributed by atoms with Crippen LogP contribution in [0.3, 0.4) is 0 Å². The molecule has 0 saturated carbocycles. The van der Waals surface area contributed by atoms with E-state index in [4.69, 9.17) is 0 Å². The zero-order valence-corrected chi connectivity index (χ0v) is 12.1. The number of benzene rings is 1. The van der Waals surface area contributed by atoms with Crippen molar-refractivity contribution in [1.82, 2.24) is 9.38 Å². The average molecular weight is 279 g/mol. The van der Waals surface area contributed by atoms with E-state index < -0.39 is 0 Å². The number of nitrogens with one attached hydrogen (secondary N) is 1. The van der Waals surface area contributed by atoms with Gasteiger partial charge >= 0.3 is 0 Å². The number of anilines is 1. The Morgan fingerprint density at radius 1 is 1.24 bits per heavy atom. The van der Waals surface area contributed by atoms with E-state index in [2.05, 4.69) is 10.3 Å². The molecule has 21 heavy (non-hydrogen) atoms. The van der Waals surface area contributed by atoms with Gasteiger partial charge in [-0.3, -0.25) is 4.79 Å². The molecule has 2 heterocycles. The van der Waals surface area contributed by atoms with Crippen LogP contribution < -0.4 is 5.32 Å². The Labute approximate surface area is 123 Å². The first kappa shape index (κ1) is 13.4. The van der Waals surface area contributed by atoms with Gasteiger partial charge in [0.25, 0.3) is 0 Å². The van der Waals surface area contributed by atoms with Crippen molar-refractivity contribution in [1.29, 1.82) is 0 Å². The number of hydrogen-bond acceptors (Lipinski definition) is 2. The molecule has 0 aliphatic rings. The molecule has 3 aromatic rings. The number of carbonyl (C=O) groups excluding carboxylic acids is 1. The van der Waals surface area contributed by atoms with E-state index in [1.807, 2.05) is 67.0 Å². The van der Waals surface area contributed by atoms with Crippen molar-refractivity contribution in [3.63, 3.8) is 0 Å². The second-order valence-corrected chi connectivity index (χ2v) is 5.24. The number of amides is 1. The van der Waals surface area contributed by atoms with Crippen molar-refractivity contribution in [2.75, 3.05) is 5.32 Å². The summed E-state index contributed by atoms with van der Waals surface area (Å²) in [4.78, 5) is 16.6. The molecule has 106 valence electrons. The number of hydrogen-bond donors (Lipinski definition) is 1. The fraction of sp³-hybridized carbons (Fsp3) is 0.176. The minimum absolute atomic E-state index is 0.0490. The summed E-state index contributed by atoms with van der Waals surface area (Å²) in [5, 5.41) is 2.96. The second-order valence-electron chi connectivity index (χ2n) is 5.24. The van der Waals surface area contributed by atoms with Crippen LogP contribution in [0.1, 0.15) is 16.8 Å². The molecule has 1 amide bonds. The third-order valence-corrected chi connectivity index (χ3v) is 3.42. The van der Waals surface area contributed by atoms with E-state index in [0.29, 0.717) is 0 Å². The summed E-state index contributed by atoms with van der Waals surface area (Å²) in [7, 11) is 0. The van der Waals surface area contributed by atoms with Crippen molar-refractivity contribution in [2.45, 2.75) is 20.3 Å². The molecule has 4 nitrogen and oxygen atoms in total. The van der Waals surface area contributed by atoms with Gasteiger partial charge in [-0.15, -0.1) is 0 Å². The van der Waals surface area contributed by atoms with Gasteiger partial charge in [-0.05, 0) is 43.2 Å². The van der Waals surface area contributed by atoms with Gasteiger partial charge in [0.15, 0.2) is 0 Å². The molecule has 0 atom stereocenters. The van der Waals surface area contributed by atoms with Crippen LogP contribution in [0, 0.1) is 13.8 Å². The van der Waals surface area contributed by atoms with Crippen LogP contribution in [0.4, 0.5) is 5.69 Å². The van der Waals surface area contributed by atoms with Gasteiger partial charge in [-0.25, -0.2) is 4.98 Å². The summed E-state index contributed by atoms with van der Waals surface area (Å²) in [5.41, 5.74) is 4.67. The zero-order valence-electron chi connectivity index (χ0n) is 12.1. The summed E-state index contributed by atoms with van der Waals surface area (Å²) in [5.74, 6) is -0.0490. The summed E-state index contributed by atoms with van der Waals surface area (Å²) in [6, 6.07) is 11.8. The number of aryl methyl sites for hydroxylation is 2. The Hall–Kier alpha value is -2.62. The third kappa shape index (κ3) is 2.94. The highest BCUT2D eigenvalue weighted by Crippen LogP contribution is 2.16. The molecule has 0 spiro atoms. The SMILES string of the molecule is Cc1ccc(C)c(NC(=O)Cc2cn3ccccc3n2)c1. The number of rotatable bonds is 3. The largest absolute Gasteiger partial charge is 0.325 e. The normalized spacial score (nSPS) is 10.8. The third-order valence-electron chi connectivity index (χ3n) is 3.42. The maximum atomic E-state index is 12.2. The number of pyridine rings is 1. The predicted octanol–water partition coefficient (Wildman–Crippen LogP) is 3.13. The first-order chi connectivity index (χ1) is 10.1. The molecule has 0 aliphatic carbocycles. The van der Waals surface area contributed by atoms with E-state index in [-0.39, 0.29) is 12.3 Å². The van der Waals surface area contributed by atoms with E-state index in [0.717, 1.165) is 28.2 Å². The van der Waals surface area contributed by atoms with Crippen LogP contribution in [-0.4, -0.2) is 15.3 Å². The van der Waals surface area contributed by atoms with Crippen molar-refractivity contribution in [3.05, 3.63) is 65.6 Å².